The number of rotatable bonds is 4. The van der Waals surface area contributed by atoms with Gasteiger partial charge in [0.15, 0.2) is 0 Å². The first kappa shape index (κ1) is 16.7. The average molecular weight is 338 g/mol. The van der Waals surface area contributed by atoms with Gasteiger partial charge in [-0.05, 0) is 51.8 Å². The van der Waals surface area contributed by atoms with Crippen LogP contribution in [0.3, 0.4) is 0 Å². The van der Waals surface area contributed by atoms with Crippen molar-refractivity contribution in [3.63, 3.8) is 0 Å². The van der Waals surface area contributed by atoms with Gasteiger partial charge < -0.3 is 4.74 Å². The highest BCUT2D eigenvalue weighted by molar-refractivity contribution is 9.10. The lowest BCUT2D eigenvalue weighted by Gasteiger charge is -2.24. The molecule has 108 valence electrons. The molecule has 0 aliphatic carbocycles. The van der Waals surface area contributed by atoms with Crippen molar-refractivity contribution in [2.75, 3.05) is 0 Å². The zero-order valence-corrected chi connectivity index (χ0v) is 14.0. The van der Waals surface area contributed by atoms with Crippen LogP contribution in [0, 0.1) is 11.3 Å². The normalized spacial score (nSPS) is 14.2. The number of carbonyl (C=O) groups excluding carboxylic acids is 1. The molecule has 1 aromatic carbocycles. The van der Waals surface area contributed by atoms with E-state index in [1.54, 1.807) is 0 Å². The molecule has 1 rings (SSSR count). The van der Waals surface area contributed by atoms with E-state index in [-0.39, 0.29) is 12.4 Å². The molecule has 0 fully saturated rings. The minimum absolute atomic E-state index is 0.234. The topological polar surface area (TPSA) is 50.1 Å². The smallest absolute Gasteiger partial charge is 0.306 e. The Kier molecular flexibility index (Phi) is 5.35. The maximum atomic E-state index is 11.8. The molecule has 4 heteroatoms. The molecule has 1 aromatic rings. The molecule has 3 nitrogen and oxygen atoms in total. The summed E-state index contributed by atoms with van der Waals surface area (Å²) in [5.74, 6) is -0.268. The van der Waals surface area contributed by atoms with Crippen LogP contribution in [0.5, 0.6) is 0 Å². The van der Waals surface area contributed by atoms with E-state index in [1.807, 2.05) is 52.0 Å². The Hall–Kier alpha value is -1.34. The van der Waals surface area contributed by atoms with Crippen molar-refractivity contribution in [1.82, 2.24) is 0 Å². The standard InChI is InChI=1S/C16H20BrNO2/c1-15(2,3)20-14(19)9-10-16(4,11-18)12-5-7-13(17)8-6-12/h5-8H,9-10H2,1-4H3/t16-/m0/s1. The number of hydrogen-bond acceptors (Lipinski definition) is 3. The highest BCUT2D eigenvalue weighted by atomic mass is 79.9. The van der Waals surface area contributed by atoms with Crippen molar-refractivity contribution in [2.45, 2.75) is 51.6 Å². The van der Waals surface area contributed by atoms with E-state index in [1.165, 1.54) is 0 Å². The maximum Gasteiger partial charge on any atom is 0.306 e. The predicted molar refractivity (Wildman–Crippen MR) is 82.2 cm³/mol. The summed E-state index contributed by atoms with van der Waals surface area (Å²) in [4.78, 5) is 11.8. The van der Waals surface area contributed by atoms with Crippen LogP contribution in [0.4, 0.5) is 0 Å². The number of nitriles is 1. The number of nitrogens with zero attached hydrogens (tertiary/aromatic N) is 1. The second-order valence-corrected chi connectivity index (χ2v) is 6.95. The molecule has 0 saturated carbocycles. The highest BCUT2D eigenvalue weighted by Gasteiger charge is 2.28. The summed E-state index contributed by atoms with van der Waals surface area (Å²) in [6, 6.07) is 9.92. The number of carbonyl (C=O) groups is 1. The van der Waals surface area contributed by atoms with Gasteiger partial charge in [-0.3, -0.25) is 4.79 Å². The van der Waals surface area contributed by atoms with Gasteiger partial charge in [-0.15, -0.1) is 0 Å². The number of ether oxygens (including phenoxy) is 1. The van der Waals surface area contributed by atoms with Crippen LogP contribution >= 0.6 is 15.9 Å². The second kappa shape index (κ2) is 6.41. The molecular weight excluding hydrogens is 318 g/mol. The minimum Gasteiger partial charge on any atom is -0.460 e. The lowest BCUT2D eigenvalue weighted by Crippen LogP contribution is -2.26. The number of hydrogen-bond donors (Lipinski definition) is 0. The van der Waals surface area contributed by atoms with Crippen LogP contribution in [0.1, 0.15) is 46.1 Å². The number of halogens is 1. The van der Waals surface area contributed by atoms with Crippen LogP contribution in [0.25, 0.3) is 0 Å². The molecule has 0 N–H and O–H groups in total. The summed E-state index contributed by atoms with van der Waals surface area (Å²) < 4.78 is 6.24. The minimum atomic E-state index is -0.683. The van der Waals surface area contributed by atoms with Gasteiger partial charge in [0.25, 0.3) is 0 Å². The zero-order chi connectivity index (χ0) is 15.4. The van der Waals surface area contributed by atoms with Gasteiger partial charge in [0.2, 0.25) is 0 Å². The van der Waals surface area contributed by atoms with Gasteiger partial charge in [-0.2, -0.15) is 5.26 Å². The molecule has 0 heterocycles. The van der Waals surface area contributed by atoms with Crippen LogP contribution in [-0.4, -0.2) is 11.6 Å². The summed E-state index contributed by atoms with van der Waals surface area (Å²) in [6.07, 6.45) is 0.678. The molecule has 0 amide bonds. The molecule has 0 aliphatic rings. The summed E-state index contributed by atoms with van der Waals surface area (Å²) in [5.41, 5.74) is -0.262. The van der Waals surface area contributed by atoms with E-state index in [4.69, 9.17) is 4.74 Å². The van der Waals surface area contributed by atoms with Crippen molar-refractivity contribution < 1.29 is 9.53 Å². The fourth-order valence-corrected chi connectivity index (χ4v) is 2.09. The van der Waals surface area contributed by atoms with E-state index < -0.39 is 11.0 Å². The van der Waals surface area contributed by atoms with Gasteiger partial charge >= 0.3 is 5.97 Å². The predicted octanol–water partition coefficient (Wildman–Crippen LogP) is 4.35. The monoisotopic (exact) mass is 337 g/mol. The van der Waals surface area contributed by atoms with E-state index in [0.29, 0.717) is 6.42 Å². The van der Waals surface area contributed by atoms with Gasteiger partial charge in [0, 0.05) is 10.9 Å². The Bertz CT molecular complexity index is 511. The maximum absolute atomic E-state index is 11.8. The van der Waals surface area contributed by atoms with Crippen molar-refractivity contribution in [3.05, 3.63) is 34.3 Å². The molecule has 0 saturated heterocycles. The lowest BCUT2D eigenvalue weighted by atomic mass is 9.80. The summed E-state index contributed by atoms with van der Waals surface area (Å²) >= 11 is 3.37. The Morgan fingerprint density at radius 1 is 1.25 bits per heavy atom. The van der Waals surface area contributed by atoms with Gasteiger partial charge in [-0.25, -0.2) is 0 Å². The Morgan fingerprint density at radius 3 is 2.25 bits per heavy atom. The van der Waals surface area contributed by atoms with Gasteiger partial charge in [0.1, 0.15) is 5.60 Å². The molecule has 0 aromatic heterocycles. The van der Waals surface area contributed by atoms with E-state index in [0.717, 1.165) is 10.0 Å². The third-order valence-electron chi connectivity index (χ3n) is 2.98. The second-order valence-electron chi connectivity index (χ2n) is 6.04. The Labute approximate surface area is 129 Å². The van der Waals surface area contributed by atoms with Crippen molar-refractivity contribution >= 4 is 21.9 Å². The zero-order valence-electron chi connectivity index (χ0n) is 12.4. The number of esters is 1. The Balaban J connectivity index is 2.74. The molecular formula is C16H20BrNO2. The third-order valence-corrected chi connectivity index (χ3v) is 3.51. The molecule has 0 spiro atoms. The van der Waals surface area contributed by atoms with Crippen molar-refractivity contribution in [1.29, 1.82) is 5.26 Å². The quantitative estimate of drug-likeness (QED) is 0.767. The first-order valence-corrected chi connectivity index (χ1v) is 7.35. The van der Waals surface area contributed by atoms with E-state index in [9.17, 15) is 10.1 Å². The molecule has 0 bridgehead atoms. The first-order valence-electron chi connectivity index (χ1n) is 6.55. The highest BCUT2D eigenvalue weighted by Crippen LogP contribution is 2.29. The SMILES string of the molecule is CC(C)(C)OC(=O)CC[C@@](C)(C#N)c1ccc(Br)cc1. The largest absolute Gasteiger partial charge is 0.460 e. The third kappa shape index (κ3) is 4.97. The van der Waals surface area contributed by atoms with Crippen molar-refractivity contribution in [3.8, 4) is 6.07 Å². The molecule has 1 atom stereocenters. The molecule has 0 unspecified atom stereocenters. The average Bonchev–Trinajstić information content (AvgIpc) is 2.35. The number of benzene rings is 1. The molecule has 20 heavy (non-hydrogen) atoms. The summed E-state index contributed by atoms with van der Waals surface area (Å²) in [7, 11) is 0. The first-order chi connectivity index (χ1) is 9.16. The van der Waals surface area contributed by atoms with Crippen LogP contribution in [0.15, 0.2) is 28.7 Å². The van der Waals surface area contributed by atoms with Crippen LogP contribution in [-0.2, 0) is 14.9 Å². The fourth-order valence-electron chi connectivity index (χ4n) is 1.83. The lowest BCUT2D eigenvalue weighted by molar-refractivity contribution is -0.155. The van der Waals surface area contributed by atoms with Gasteiger partial charge in [0.05, 0.1) is 11.5 Å². The Morgan fingerprint density at radius 2 is 1.80 bits per heavy atom. The summed E-state index contributed by atoms with van der Waals surface area (Å²) in [5, 5.41) is 9.44. The van der Waals surface area contributed by atoms with Crippen LogP contribution < -0.4 is 0 Å². The van der Waals surface area contributed by atoms with E-state index >= 15 is 0 Å². The van der Waals surface area contributed by atoms with Crippen molar-refractivity contribution in [2.24, 2.45) is 0 Å². The molecule has 0 radical (unpaired) electrons. The van der Waals surface area contributed by atoms with Gasteiger partial charge in [-0.1, -0.05) is 28.1 Å². The molecule has 0 aliphatic heterocycles. The van der Waals surface area contributed by atoms with Crippen LogP contribution in [0.2, 0.25) is 0 Å². The van der Waals surface area contributed by atoms with E-state index in [2.05, 4.69) is 22.0 Å². The summed E-state index contributed by atoms with van der Waals surface area (Å²) in [6.45, 7) is 7.36. The fraction of sp³-hybridized carbons (Fsp3) is 0.500.